The molecule has 0 fully saturated rings. The largest absolute Gasteiger partial charge is 0.447 e. The average Bonchev–Trinajstić information content (AvgIpc) is 2.20. The van der Waals surface area contributed by atoms with E-state index >= 15 is 0 Å². The molecule has 0 unspecified atom stereocenters. The van der Waals surface area contributed by atoms with E-state index in [1.54, 1.807) is 19.9 Å². The molecule has 1 rings (SSSR count). The zero-order valence-corrected chi connectivity index (χ0v) is 11.1. The van der Waals surface area contributed by atoms with Crippen LogP contribution in [0, 0.1) is 0 Å². The van der Waals surface area contributed by atoms with Gasteiger partial charge < -0.3 is 9.47 Å². The van der Waals surface area contributed by atoms with Crippen LogP contribution in [0.25, 0.3) is 0 Å². The zero-order chi connectivity index (χ0) is 13.7. The maximum Gasteiger partial charge on any atom is 0.411 e. The van der Waals surface area contributed by atoms with Crippen molar-refractivity contribution in [1.29, 1.82) is 0 Å². The molecule has 6 heteroatoms. The number of hydrogen-bond donors (Lipinski definition) is 1. The van der Waals surface area contributed by atoms with Gasteiger partial charge in [-0.25, -0.2) is 4.79 Å². The predicted molar refractivity (Wildman–Crippen MR) is 68.0 cm³/mol. The first kappa shape index (κ1) is 14.3. The molecule has 0 bridgehead atoms. The monoisotopic (exact) mass is 271 g/mol. The van der Waals surface area contributed by atoms with Gasteiger partial charge in [-0.05, 0) is 32.0 Å². The molecule has 0 heterocycles. The molecule has 0 saturated heterocycles. The Balaban J connectivity index is 2.88. The summed E-state index contributed by atoms with van der Waals surface area (Å²) in [5.41, 5.74) is 0.281. The number of ether oxygens (including phenoxy) is 2. The van der Waals surface area contributed by atoms with Gasteiger partial charge in [0.1, 0.15) is 0 Å². The number of carbonyl (C=O) groups excluding carboxylic acids is 2. The fraction of sp³-hybridized carbons (Fsp3) is 0.333. The smallest absolute Gasteiger partial charge is 0.411 e. The number of hydrogen-bond acceptors (Lipinski definition) is 4. The van der Waals surface area contributed by atoms with E-state index in [1.807, 2.05) is 0 Å². The summed E-state index contributed by atoms with van der Waals surface area (Å²) < 4.78 is 9.86. The van der Waals surface area contributed by atoms with E-state index in [0.717, 1.165) is 0 Å². The molecule has 0 aliphatic carbocycles. The van der Waals surface area contributed by atoms with Crippen LogP contribution in [0.5, 0.6) is 5.75 Å². The number of benzene rings is 1. The highest BCUT2D eigenvalue weighted by Crippen LogP contribution is 2.28. The van der Waals surface area contributed by atoms with E-state index in [4.69, 9.17) is 21.1 Å². The van der Waals surface area contributed by atoms with Gasteiger partial charge in [-0.2, -0.15) is 0 Å². The van der Waals surface area contributed by atoms with Gasteiger partial charge in [0.25, 0.3) is 0 Å². The zero-order valence-electron chi connectivity index (χ0n) is 10.3. The Morgan fingerprint density at radius 1 is 1.33 bits per heavy atom. The van der Waals surface area contributed by atoms with Crippen LogP contribution in [0.4, 0.5) is 10.5 Å². The Kier molecular flexibility index (Phi) is 4.97. The van der Waals surface area contributed by atoms with Crippen molar-refractivity contribution in [2.24, 2.45) is 0 Å². The molecule has 1 aromatic rings. The van der Waals surface area contributed by atoms with Crippen molar-refractivity contribution in [3.05, 3.63) is 23.2 Å². The summed E-state index contributed by atoms with van der Waals surface area (Å²) >= 11 is 5.81. The first-order valence-electron chi connectivity index (χ1n) is 5.34. The predicted octanol–water partition coefficient (Wildman–Crippen LogP) is 3.22. The molecular formula is C12H14ClNO4. The van der Waals surface area contributed by atoms with E-state index in [-0.39, 0.29) is 17.5 Å². The SMILES string of the molecule is CC(=O)Oc1ccc(Cl)cc1NC(=O)OC(C)C. The second-order valence-electron chi connectivity index (χ2n) is 3.81. The van der Waals surface area contributed by atoms with Crippen LogP contribution < -0.4 is 10.1 Å². The lowest BCUT2D eigenvalue weighted by Gasteiger charge is -2.12. The quantitative estimate of drug-likeness (QED) is 0.677. The lowest BCUT2D eigenvalue weighted by atomic mass is 10.3. The van der Waals surface area contributed by atoms with Crippen molar-refractivity contribution in [1.82, 2.24) is 0 Å². The Labute approximate surface area is 110 Å². The van der Waals surface area contributed by atoms with Gasteiger partial charge in [0.2, 0.25) is 0 Å². The Hall–Kier alpha value is -1.75. The standard InChI is InChI=1S/C12H14ClNO4/c1-7(2)17-12(16)14-10-6-9(13)4-5-11(10)18-8(3)15/h4-7H,1-3H3,(H,14,16). The van der Waals surface area contributed by atoms with Gasteiger partial charge in [-0.15, -0.1) is 0 Å². The normalized spacial score (nSPS) is 10.1. The third kappa shape index (κ3) is 4.63. The van der Waals surface area contributed by atoms with Gasteiger partial charge in [-0.1, -0.05) is 11.6 Å². The number of carbonyl (C=O) groups is 2. The third-order valence-corrected chi connectivity index (χ3v) is 2.01. The van der Waals surface area contributed by atoms with Gasteiger partial charge in [0.05, 0.1) is 11.8 Å². The van der Waals surface area contributed by atoms with Crippen LogP contribution in [0.3, 0.4) is 0 Å². The third-order valence-electron chi connectivity index (χ3n) is 1.77. The number of halogens is 1. The summed E-state index contributed by atoms with van der Waals surface area (Å²) in [4.78, 5) is 22.4. The molecule has 0 aromatic heterocycles. The second kappa shape index (κ2) is 6.26. The van der Waals surface area contributed by atoms with Gasteiger partial charge in [0.15, 0.2) is 5.75 Å². The summed E-state index contributed by atoms with van der Waals surface area (Å²) in [6.45, 7) is 4.72. The second-order valence-corrected chi connectivity index (χ2v) is 4.25. The number of rotatable bonds is 3. The maximum absolute atomic E-state index is 11.5. The highest BCUT2D eigenvalue weighted by Gasteiger charge is 2.12. The van der Waals surface area contributed by atoms with Crippen molar-refractivity contribution >= 4 is 29.4 Å². The minimum atomic E-state index is -0.638. The van der Waals surface area contributed by atoms with Crippen molar-refractivity contribution in [3.63, 3.8) is 0 Å². The topological polar surface area (TPSA) is 64.6 Å². The molecule has 1 N–H and O–H groups in total. The molecule has 0 saturated carbocycles. The van der Waals surface area contributed by atoms with E-state index in [9.17, 15) is 9.59 Å². The van der Waals surface area contributed by atoms with Crippen molar-refractivity contribution in [2.75, 3.05) is 5.32 Å². The summed E-state index contributed by atoms with van der Waals surface area (Å²) in [6, 6.07) is 4.52. The fourth-order valence-electron chi connectivity index (χ4n) is 1.20. The number of nitrogens with one attached hydrogen (secondary N) is 1. The van der Waals surface area contributed by atoms with E-state index in [0.29, 0.717) is 5.02 Å². The number of esters is 1. The Morgan fingerprint density at radius 3 is 2.56 bits per heavy atom. The highest BCUT2D eigenvalue weighted by atomic mass is 35.5. The van der Waals surface area contributed by atoms with Gasteiger partial charge >= 0.3 is 12.1 Å². The average molecular weight is 272 g/mol. The van der Waals surface area contributed by atoms with Gasteiger partial charge in [0, 0.05) is 11.9 Å². The first-order valence-corrected chi connectivity index (χ1v) is 5.72. The van der Waals surface area contributed by atoms with Crippen LogP contribution in [-0.4, -0.2) is 18.2 Å². The Bertz CT molecular complexity index is 459. The maximum atomic E-state index is 11.5. The van der Waals surface area contributed by atoms with Crippen LogP contribution in [0.1, 0.15) is 20.8 Å². The van der Waals surface area contributed by atoms with Crippen molar-refractivity contribution in [3.8, 4) is 5.75 Å². The fourth-order valence-corrected chi connectivity index (χ4v) is 1.37. The Morgan fingerprint density at radius 2 is 2.00 bits per heavy atom. The lowest BCUT2D eigenvalue weighted by Crippen LogP contribution is -2.18. The van der Waals surface area contributed by atoms with Crippen LogP contribution in [0.2, 0.25) is 5.02 Å². The molecule has 0 aliphatic heterocycles. The highest BCUT2D eigenvalue weighted by molar-refractivity contribution is 6.31. The van der Waals surface area contributed by atoms with Crippen LogP contribution in [0.15, 0.2) is 18.2 Å². The number of amides is 1. The minimum Gasteiger partial charge on any atom is -0.447 e. The molecule has 18 heavy (non-hydrogen) atoms. The molecule has 0 atom stereocenters. The van der Waals surface area contributed by atoms with Crippen LogP contribution >= 0.6 is 11.6 Å². The van der Waals surface area contributed by atoms with Crippen molar-refractivity contribution < 1.29 is 19.1 Å². The molecule has 5 nitrogen and oxygen atoms in total. The molecule has 98 valence electrons. The van der Waals surface area contributed by atoms with Gasteiger partial charge in [-0.3, -0.25) is 10.1 Å². The summed E-state index contributed by atoms with van der Waals surface area (Å²) in [5, 5.41) is 2.87. The first-order chi connectivity index (χ1) is 8.38. The number of anilines is 1. The minimum absolute atomic E-state index is 0.215. The van der Waals surface area contributed by atoms with E-state index in [2.05, 4.69) is 5.32 Å². The van der Waals surface area contributed by atoms with Crippen LogP contribution in [-0.2, 0) is 9.53 Å². The molecule has 0 spiro atoms. The molecule has 0 radical (unpaired) electrons. The summed E-state index contributed by atoms with van der Waals surface area (Å²) in [7, 11) is 0. The summed E-state index contributed by atoms with van der Waals surface area (Å²) in [5.74, 6) is -0.273. The van der Waals surface area contributed by atoms with E-state index in [1.165, 1.54) is 19.1 Å². The molecule has 0 aliphatic rings. The summed E-state index contributed by atoms with van der Waals surface area (Å²) in [6.07, 6.45) is -0.887. The van der Waals surface area contributed by atoms with Crippen molar-refractivity contribution in [2.45, 2.75) is 26.9 Å². The molecule has 1 amide bonds. The molecule has 1 aromatic carbocycles. The lowest BCUT2D eigenvalue weighted by molar-refractivity contribution is -0.131. The van der Waals surface area contributed by atoms with E-state index < -0.39 is 12.1 Å². The molecular weight excluding hydrogens is 258 g/mol.